The molecule has 0 spiro atoms. The Morgan fingerprint density at radius 1 is 0.903 bits per heavy atom. The number of rotatable bonds is 6. The summed E-state index contributed by atoms with van der Waals surface area (Å²) >= 11 is 5.92. The van der Waals surface area contributed by atoms with Gasteiger partial charge in [0.15, 0.2) is 5.52 Å². The van der Waals surface area contributed by atoms with E-state index >= 15 is 0 Å². The topological polar surface area (TPSA) is 83.2 Å². The van der Waals surface area contributed by atoms with Gasteiger partial charge in [0, 0.05) is 11.2 Å². The van der Waals surface area contributed by atoms with Crippen LogP contribution in [0.1, 0.15) is 11.1 Å². The van der Waals surface area contributed by atoms with E-state index in [2.05, 4.69) is 4.98 Å². The number of ether oxygens (including phenoxy) is 1. The number of carbonyl (C=O) groups excluding carboxylic acids is 1. The van der Waals surface area contributed by atoms with Crippen LogP contribution < -0.4 is 11.2 Å². The lowest BCUT2D eigenvalue weighted by Gasteiger charge is -2.13. The van der Waals surface area contributed by atoms with Crippen molar-refractivity contribution < 1.29 is 9.53 Å². The van der Waals surface area contributed by atoms with Crippen molar-refractivity contribution in [3.05, 3.63) is 110 Å². The first-order valence-electron chi connectivity index (χ1n) is 9.55. The summed E-state index contributed by atoms with van der Waals surface area (Å²) in [4.78, 5) is 42.7. The number of hydrogen-bond donors (Lipinski definition) is 0. The third-order valence-corrected chi connectivity index (χ3v) is 5.02. The van der Waals surface area contributed by atoms with E-state index in [1.807, 2.05) is 30.3 Å². The zero-order chi connectivity index (χ0) is 21.8. The molecular formula is C23H18ClN3O4. The van der Waals surface area contributed by atoms with Crippen molar-refractivity contribution in [3.63, 3.8) is 0 Å². The molecule has 2 heterocycles. The van der Waals surface area contributed by atoms with Crippen LogP contribution in [0, 0.1) is 0 Å². The fourth-order valence-corrected chi connectivity index (χ4v) is 3.35. The molecule has 0 fully saturated rings. The molecule has 0 unspecified atom stereocenters. The number of benzene rings is 2. The highest BCUT2D eigenvalue weighted by atomic mass is 35.5. The minimum atomic E-state index is -0.614. The maximum absolute atomic E-state index is 13.1. The Labute approximate surface area is 182 Å². The molecule has 2 aromatic carbocycles. The van der Waals surface area contributed by atoms with Crippen molar-refractivity contribution in [2.24, 2.45) is 0 Å². The molecule has 0 amide bonds. The molecule has 0 aliphatic heterocycles. The van der Waals surface area contributed by atoms with Gasteiger partial charge in [-0.25, -0.2) is 9.78 Å². The second kappa shape index (κ2) is 8.97. The Morgan fingerprint density at radius 3 is 2.39 bits per heavy atom. The molecule has 8 heteroatoms. The predicted octanol–water partition coefficient (Wildman–Crippen LogP) is 3.00. The summed E-state index contributed by atoms with van der Waals surface area (Å²) in [7, 11) is 0. The van der Waals surface area contributed by atoms with E-state index < -0.39 is 17.2 Å². The SMILES string of the molecule is O=C(Cn1c(=O)n(Cc2ccc(Cl)cc2)c(=O)c2ncccc21)OCc1ccccc1. The number of hydrogen-bond acceptors (Lipinski definition) is 5. The van der Waals surface area contributed by atoms with Crippen molar-refractivity contribution in [3.8, 4) is 0 Å². The van der Waals surface area contributed by atoms with Crippen LogP contribution in [0.4, 0.5) is 0 Å². The maximum atomic E-state index is 13.1. The summed E-state index contributed by atoms with van der Waals surface area (Å²) < 4.78 is 7.59. The van der Waals surface area contributed by atoms with E-state index in [4.69, 9.17) is 16.3 Å². The van der Waals surface area contributed by atoms with E-state index in [1.165, 1.54) is 10.8 Å². The molecule has 0 atom stereocenters. The molecule has 0 N–H and O–H groups in total. The minimum absolute atomic E-state index is 0.0282. The molecule has 0 radical (unpaired) electrons. The highest BCUT2D eigenvalue weighted by Gasteiger charge is 2.17. The minimum Gasteiger partial charge on any atom is -0.459 e. The average molecular weight is 436 g/mol. The second-order valence-electron chi connectivity index (χ2n) is 6.90. The van der Waals surface area contributed by atoms with Gasteiger partial charge in [-0.2, -0.15) is 0 Å². The second-order valence-corrected chi connectivity index (χ2v) is 7.34. The largest absolute Gasteiger partial charge is 0.459 e. The van der Waals surface area contributed by atoms with Gasteiger partial charge in [0.1, 0.15) is 13.2 Å². The fraction of sp³-hybridized carbons (Fsp3) is 0.130. The van der Waals surface area contributed by atoms with Crippen molar-refractivity contribution in [2.45, 2.75) is 19.7 Å². The quantitative estimate of drug-likeness (QED) is 0.435. The molecule has 4 rings (SSSR count). The first-order chi connectivity index (χ1) is 15.0. The molecule has 0 aliphatic rings. The summed E-state index contributed by atoms with van der Waals surface area (Å²) in [6.45, 7) is -0.218. The summed E-state index contributed by atoms with van der Waals surface area (Å²) in [5, 5.41) is 0.551. The third kappa shape index (κ3) is 4.57. The predicted molar refractivity (Wildman–Crippen MR) is 117 cm³/mol. The first kappa shape index (κ1) is 20.6. The van der Waals surface area contributed by atoms with E-state index in [0.29, 0.717) is 5.02 Å². The normalized spacial score (nSPS) is 10.9. The molecule has 156 valence electrons. The Kier molecular flexibility index (Phi) is 5.95. The number of nitrogens with zero attached hydrogens (tertiary/aromatic N) is 3. The van der Waals surface area contributed by atoms with Crippen LogP contribution >= 0.6 is 11.6 Å². The molecular weight excluding hydrogens is 418 g/mol. The molecule has 0 saturated heterocycles. The van der Waals surface area contributed by atoms with Crippen LogP contribution in [0.2, 0.25) is 5.02 Å². The summed E-state index contributed by atoms with van der Waals surface area (Å²) in [6.07, 6.45) is 1.47. The standard InChI is InChI=1S/C23H18ClN3O4/c24-18-10-8-16(9-11-18)13-27-22(29)21-19(7-4-12-25-21)26(23(27)30)14-20(28)31-15-17-5-2-1-3-6-17/h1-12H,13-15H2. The molecule has 0 saturated carbocycles. The number of esters is 1. The molecule has 4 aromatic rings. The van der Waals surface area contributed by atoms with E-state index in [-0.39, 0.29) is 30.7 Å². The molecule has 2 aromatic heterocycles. The van der Waals surface area contributed by atoms with Crippen molar-refractivity contribution >= 4 is 28.6 Å². The van der Waals surface area contributed by atoms with E-state index in [9.17, 15) is 14.4 Å². The first-order valence-corrected chi connectivity index (χ1v) is 9.93. The zero-order valence-electron chi connectivity index (χ0n) is 16.4. The lowest BCUT2D eigenvalue weighted by Crippen LogP contribution is -2.41. The van der Waals surface area contributed by atoms with E-state index in [0.717, 1.165) is 15.7 Å². The smallest absolute Gasteiger partial charge is 0.332 e. The van der Waals surface area contributed by atoms with Crippen molar-refractivity contribution in [1.82, 2.24) is 14.1 Å². The Hall–Kier alpha value is -3.71. The zero-order valence-corrected chi connectivity index (χ0v) is 17.2. The van der Waals surface area contributed by atoms with Crippen LogP contribution in [-0.4, -0.2) is 20.1 Å². The van der Waals surface area contributed by atoms with Gasteiger partial charge in [-0.15, -0.1) is 0 Å². The monoisotopic (exact) mass is 435 g/mol. The molecule has 0 bridgehead atoms. The lowest BCUT2D eigenvalue weighted by molar-refractivity contribution is -0.145. The van der Waals surface area contributed by atoms with Gasteiger partial charge < -0.3 is 4.74 Å². The van der Waals surface area contributed by atoms with E-state index in [1.54, 1.807) is 36.4 Å². The van der Waals surface area contributed by atoms with Gasteiger partial charge >= 0.3 is 11.7 Å². The number of fused-ring (bicyclic) bond motifs is 1. The lowest BCUT2D eigenvalue weighted by atomic mass is 10.2. The van der Waals surface area contributed by atoms with Gasteiger partial charge in [-0.3, -0.25) is 18.7 Å². The summed E-state index contributed by atoms with van der Waals surface area (Å²) in [5.74, 6) is -0.590. The van der Waals surface area contributed by atoms with Crippen molar-refractivity contribution in [1.29, 1.82) is 0 Å². The number of carbonyl (C=O) groups is 1. The number of pyridine rings is 1. The van der Waals surface area contributed by atoms with Gasteiger partial charge in [0.25, 0.3) is 5.56 Å². The van der Waals surface area contributed by atoms with Gasteiger partial charge in [0.2, 0.25) is 0 Å². The third-order valence-electron chi connectivity index (χ3n) is 4.77. The van der Waals surface area contributed by atoms with Crippen LogP contribution in [0.25, 0.3) is 11.0 Å². The Morgan fingerprint density at radius 2 is 1.65 bits per heavy atom. The highest BCUT2D eigenvalue weighted by Crippen LogP contribution is 2.11. The Balaban J connectivity index is 1.68. The molecule has 0 aliphatic carbocycles. The van der Waals surface area contributed by atoms with Crippen LogP contribution in [0.5, 0.6) is 0 Å². The Bertz CT molecular complexity index is 1350. The molecule has 7 nitrogen and oxygen atoms in total. The summed E-state index contributed by atoms with van der Waals surface area (Å²) in [6, 6.07) is 19.3. The highest BCUT2D eigenvalue weighted by molar-refractivity contribution is 6.30. The van der Waals surface area contributed by atoms with Crippen molar-refractivity contribution in [2.75, 3.05) is 0 Å². The van der Waals surface area contributed by atoms with Crippen LogP contribution in [-0.2, 0) is 29.2 Å². The maximum Gasteiger partial charge on any atom is 0.332 e. The van der Waals surface area contributed by atoms with Gasteiger partial charge in [-0.05, 0) is 35.4 Å². The fourth-order valence-electron chi connectivity index (χ4n) is 3.22. The summed E-state index contributed by atoms with van der Waals surface area (Å²) in [5.41, 5.74) is 0.800. The van der Waals surface area contributed by atoms with Gasteiger partial charge in [-0.1, -0.05) is 54.1 Å². The van der Waals surface area contributed by atoms with Crippen LogP contribution in [0.15, 0.2) is 82.5 Å². The average Bonchev–Trinajstić information content (AvgIpc) is 2.80. The van der Waals surface area contributed by atoms with Crippen LogP contribution in [0.3, 0.4) is 0 Å². The molecule has 31 heavy (non-hydrogen) atoms. The van der Waals surface area contributed by atoms with Gasteiger partial charge in [0.05, 0.1) is 12.1 Å². The number of aromatic nitrogens is 3. The number of halogens is 1.